The fraction of sp³-hybridized carbons (Fsp3) is 0.962. The summed E-state index contributed by atoms with van der Waals surface area (Å²) in [6.45, 7) is 18.5. The first-order valence-electron chi connectivity index (χ1n) is 25.5. The van der Waals surface area contributed by atoms with Crippen LogP contribution >= 0.6 is 0 Å². The molecule has 0 fully saturated rings. The molecule has 0 aliphatic rings. The van der Waals surface area contributed by atoms with Crippen LogP contribution in [-0.2, 0) is 19.1 Å². The third kappa shape index (κ3) is 26.1. The predicted octanol–water partition coefficient (Wildman–Crippen LogP) is 17.5. The maximum Gasteiger partial charge on any atom is 0.313 e. The molecule has 0 aliphatic carbocycles. The summed E-state index contributed by atoms with van der Waals surface area (Å²) >= 11 is 0. The molecule has 0 aromatic carbocycles. The molecule has 0 spiro atoms. The van der Waals surface area contributed by atoms with Crippen molar-refractivity contribution in [1.82, 2.24) is 0 Å². The second-order valence-electron chi connectivity index (χ2n) is 19.0. The van der Waals surface area contributed by atoms with Gasteiger partial charge in [0.05, 0.1) is 24.0 Å². The van der Waals surface area contributed by atoms with Crippen LogP contribution in [0.5, 0.6) is 0 Å². The van der Waals surface area contributed by atoms with Gasteiger partial charge in [-0.3, -0.25) is 9.59 Å². The average molecular weight is 791 g/mol. The third-order valence-electron chi connectivity index (χ3n) is 12.6. The van der Waals surface area contributed by atoms with Crippen LogP contribution in [0, 0.1) is 22.7 Å². The number of rotatable bonds is 43. The molecular formula is C52H102O4. The number of carbonyl (C=O) groups excluding carboxylic acids is 2. The van der Waals surface area contributed by atoms with E-state index >= 15 is 9.59 Å². The lowest BCUT2D eigenvalue weighted by Gasteiger charge is -2.48. The smallest absolute Gasteiger partial charge is 0.313 e. The second kappa shape index (κ2) is 38.2. The summed E-state index contributed by atoms with van der Waals surface area (Å²) in [6, 6.07) is 0. The molecule has 56 heavy (non-hydrogen) atoms. The van der Waals surface area contributed by atoms with Gasteiger partial charge in [0, 0.05) is 0 Å². The minimum Gasteiger partial charge on any atom is -0.465 e. The Morgan fingerprint density at radius 3 is 0.679 bits per heavy atom. The third-order valence-corrected chi connectivity index (χ3v) is 12.6. The van der Waals surface area contributed by atoms with Crippen LogP contribution in [0.25, 0.3) is 0 Å². The highest BCUT2D eigenvalue weighted by atomic mass is 16.5. The van der Waals surface area contributed by atoms with Crippen LogP contribution < -0.4 is 0 Å². The van der Waals surface area contributed by atoms with Crippen molar-refractivity contribution >= 4 is 11.9 Å². The minimum absolute atomic E-state index is 0.0854. The Balaban J connectivity index is 6.86. The van der Waals surface area contributed by atoms with E-state index < -0.39 is 10.8 Å². The van der Waals surface area contributed by atoms with E-state index in [2.05, 4.69) is 55.4 Å². The van der Waals surface area contributed by atoms with Gasteiger partial charge in [-0.25, -0.2) is 0 Å². The summed E-state index contributed by atoms with van der Waals surface area (Å²) in [5.41, 5.74) is -1.69. The quantitative estimate of drug-likeness (QED) is 0.0456. The van der Waals surface area contributed by atoms with E-state index in [9.17, 15) is 0 Å². The molecule has 0 atom stereocenters. The Labute approximate surface area is 352 Å². The molecule has 0 radical (unpaired) electrons. The molecule has 0 saturated heterocycles. The van der Waals surface area contributed by atoms with Crippen molar-refractivity contribution < 1.29 is 19.1 Å². The van der Waals surface area contributed by atoms with E-state index in [4.69, 9.17) is 9.47 Å². The van der Waals surface area contributed by atoms with Gasteiger partial charge >= 0.3 is 11.9 Å². The molecule has 4 nitrogen and oxygen atoms in total. The highest BCUT2D eigenvalue weighted by Crippen LogP contribution is 2.55. The number of carbonyl (C=O) groups is 2. The number of ether oxygens (including phenoxy) is 2. The van der Waals surface area contributed by atoms with E-state index in [0.717, 1.165) is 77.0 Å². The highest BCUT2D eigenvalue weighted by Gasteiger charge is 2.60. The molecular weight excluding hydrogens is 689 g/mol. The SMILES string of the molecule is CCCCCCCCCCC(CCCCCCCCCC)(C(=O)OCC(C)C)C(CCCCCCCCCC)(CCCCCCCCCC)C(=O)OCC(C)C. The van der Waals surface area contributed by atoms with Gasteiger partial charge in [0.25, 0.3) is 0 Å². The Kier molecular flexibility index (Phi) is 37.4. The minimum atomic E-state index is -0.845. The zero-order chi connectivity index (χ0) is 41.6. The van der Waals surface area contributed by atoms with Crippen LogP contribution in [0.1, 0.15) is 287 Å². The number of unbranched alkanes of at least 4 members (excludes halogenated alkanes) is 28. The average Bonchev–Trinajstić information content (AvgIpc) is 3.18. The van der Waals surface area contributed by atoms with E-state index in [1.54, 1.807) is 0 Å². The lowest BCUT2D eigenvalue weighted by Crippen LogP contribution is -2.54. The lowest BCUT2D eigenvalue weighted by molar-refractivity contribution is -0.188. The number of esters is 2. The first-order chi connectivity index (χ1) is 27.2. The molecule has 334 valence electrons. The molecule has 0 rings (SSSR count). The van der Waals surface area contributed by atoms with E-state index in [-0.39, 0.29) is 23.8 Å². The molecule has 0 aromatic rings. The van der Waals surface area contributed by atoms with Gasteiger partial charge in [-0.05, 0) is 37.5 Å². The van der Waals surface area contributed by atoms with Gasteiger partial charge in [0.2, 0.25) is 0 Å². The molecule has 0 saturated carbocycles. The fourth-order valence-corrected chi connectivity index (χ4v) is 9.01. The fourth-order valence-electron chi connectivity index (χ4n) is 9.01. The number of hydrogen-bond acceptors (Lipinski definition) is 4. The maximum absolute atomic E-state index is 15.2. The zero-order valence-corrected chi connectivity index (χ0v) is 39.7. The van der Waals surface area contributed by atoms with Crippen molar-refractivity contribution in [2.45, 2.75) is 287 Å². The van der Waals surface area contributed by atoms with Crippen molar-refractivity contribution in [2.75, 3.05) is 13.2 Å². The monoisotopic (exact) mass is 791 g/mol. The van der Waals surface area contributed by atoms with Gasteiger partial charge in [0.1, 0.15) is 0 Å². The van der Waals surface area contributed by atoms with Crippen molar-refractivity contribution in [3.63, 3.8) is 0 Å². The first kappa shape index (κ1) is 54.9. The summed E-state index contributed by atoms with van der Waals surface area (Å²) in [5.74, 6) is 0.339. The summed E-state index contributed by atoms with van der Waals surface area (Å²) in [5, 5.41) is 0. The van der Waals surface area contributed by atoms with Gasteiger partial charge in [0.15, 0.2) is 0 Å². The van der Waals surface area contributed by atoms with E-state index in [0.29, 0.717) is 13.2 Å². The molecule has 4 heteroatoms. The highest BCUT2D eigenvalue weighted by molar-refractivity contribution is 5.88. The molecule has 0 amide bonds. The summed E-state index contributed by atoms with van der Waals surface area (Å²) in [4.78, 5) is 30.4. The van der Waals surface area contributed by atoms with Crippen molar-refractivity contribution in [2.24, 2.45) is 22.7 Å². The van der Waals surface area contributed by atoms with Crippen LogP contribution in [0.15, 0.2) is 0 Å². The Bertz CT molecular complexity index is 753. The molecule has 0 N–H and O–H groups in total. The molecule has 0 aliphatic heterocycles. The second-order valence-corrected chi connectivity index (χ2v) is 19.0. The van der Waals surface area contributed by atoms with Crippen molar-refractivity contribution in [3.8, 4) is 0 Å². The standard InChI is InChI=1S/C52H102O4/c1-9-13-17-21-25-29-33-37-41-51(49(53)55-45-47(5)6,42-38-34-30-26-22-18-14-10-2)52(50(54)56-46-48(7)8,43-39-35-31-27-23-19-15-11-3)44-40-36-32-28-24-20-16-12-4/h47-48H,9-46H2,1-8H3. The molecule has 0 unspecified atom stereocenters. The summed E-state index contributed by atoms with van der Waals surface area (Å²) < 4.78 is 12.8. The maximum atomic E-state index is 15.2. The normalized spacial score (nSPS) is 12.2. The van der Waals surface area contributed by atoms with Crippen LogP contribution in [0.3, 0.4) is 0 Å². The van der Waals surface area contributed by atoms with Crippen LogP contribution in [0.4, 0.5) is 0 Å². The van der Waals surface area contributed by atoms with Gasteiger partial charge in [-0.2, -0.15) is 0 Å². The molecule has 0 aromatic heterocycles. The first-order valence-corrected chi connectivity index (χ1v) is 25.5. The zero-order valence-electron chi connectivity index (χ0n) is 39.7. The largest absolute Gasteiger partial charge is 0.465 e. The molecule has 0 heterocycles. The van der Waals surface area contributed by atoms with Crippen molar-refractivity contribution in [3.05, 3.63) is 0 Å². The van der Waals surface area contributed by atoms with Gasteiger partial charge in [-0.15, -0.1) is 0 Å². The summed E-state index contributed by atoms with van der Waals surface area (Å²) in [7, 11) is 0. The van der Waals surface area contributed by atoms with E-state index in [1.165, 1.54) is 154 Å². The Morgan fingerprint density at radius 1 is 0.321 bits per heavy atom. The summed E-state index contributed by atoms with van der Waals surface area (Å²) in [6.07, 6.45) is 42.2. The van der Waals surface area contributed by atoms with E-state index in [1.807, 2.05) is 0 Å². The van der Waals surface area contributed by atoms with Crippen LogP contribution in [-0.4, -0.2) is 25.2 Å². The number of hydrogen-bond donors (Lipinski definition) is 0. The predicted molar refractivity (Wildman–Crippen MR) is 245 cm³/mol. The topological polar surface area (TPSA) is 52.6 Å². The Morgan fingerprint density at radius 2 is 0.500 bits per heavy atom. The Hall–Kier alpha value is -1.06. The van der Waals surface area contributed by atoms with Gasteiger partial charge < -0.3 is 9.47 Å². The van der Waals surface area contributed by atoms with Crippen LogP contribution in [0.2, 0.25) is 0 Å². The van der Waals surface area contributed by atoms with Crippen molar-refractivity contribution in [1.29, 1.82) is 0 Å². The lowest BCUT2D eigenvalue weighted by atomic mass is 9.54. The molecule has 0 bridgehead atoms. The van der Waals surface area contributed by atoms with Gasteiger partial charge in [-0.1, -0.05) is 261 Å².